The highest BCUT2D eigenvalue weighted by molar-refractivity contribution is 5.33. The normalized spacial score (nSPS) is 15.0. The fourth-order valence-electron chi connectivity index (χ4n) is 2.10. The highest BCUT2D eigenvalue weighted by atomic mass is 14.9. The summed E-state index contributed by atoms with van der Waals surface area (Å²) in [5, 5.41) is 3.49. The lowest BCUT2D eigenvalue weighted by molar-refractivity contribution is 0.493. The van der Waals surface area contributed by atoms with Crippen LogP contribution in [-0.4, -0.2) is 12.6 Å². The van der Waals surface area contributed by atoms with Crippen molar-refractivity contribution in [2.75, 3.05) is 6.54 Å². The summed E-state index contributed by atoms with van der Waals surface area (Å²) in [5.41, 5.74) is 4.22. The third-order valence-electron chi connectivity index (χ3n) is 3.19. The molecule has 0 bridgehead atoms. The van der Waals surface area contributed by atoms with Gasteiger partial charge in [0.25, 0.3) is 0 Å². The SMILES string of the molecule is CCNC(C)C(C)c1ccc(C)cc1C. The number of aryl methyl sites for hydroxylation is 2. The maximum Gasteiger partial charge on any atom is 0.0105 e. The average molecular weight is 205 g/mol. The van der Waals surface area contributed by atoms with Crippen LogP contribution in [0.2, 0.25) is 0 Å². The first-order valence-corrected chi connectivity index (χ1v) is 5.86. The van der Waals surface area contributed by atoms with Gasteiger partial charge < -0.3 is 5.32 Å². The van der Waals surface area contributed by atoms with Crippen LogP contribution in [-0.2, 0) is 0 Å². The van der Waals surface area contributed by atoms with Crippen LogP contribution in [0.5, 0.6) is 0 Å². The predicted molar refractivity (Wildman–Crippen MR) is 67.5 cm³/mol. The standard InChI is InChI=1S/C14H23N/c1-6-15-13(5)12(4)14-8-7-10(2)9-11(14)3/h7-9,12-13,15H,6H2,1-5H3. The van der Waals surface area contributed by atoms with Crippen molar-refractivity contribution in [1.82, 2.24) is 5.32 Å². The van der Waals surface area contributed by atoms with Crippen molar-refractivity contribution in [2.45, 2.75) is 46.6 Å². The largest absolute Gasteiger partial charge is 0.314 e. The van der Waals surface area contributed by atoms with Gasteiger partial charge in [0.2, 0.25) is 0 Å². The number of nitrogens with one attached hydrogen (secondary N) is 1. The Balaban J connectivity index is 2.86. The van der Waals surface area contributed by atoms with Crippen molar-refractivity contribution < 1.29 is 0 Å². The molecular weight excluding hydrogens is 182 g/mol. The third kappa shape index (κ3) is 3.07. The van der Waals surface area contributed by atoms with Gasteiger partial charge in [-0.05, 0) is 44.4 Å². The molecule has 0 amide bonds. The second kappa shape index (κ2) is 5.32. The first-order valence-electron chi connectivity index (χ1n) is 5.86. The molecule has 0 saturated heterocycles. The predicted octanol–water partition coefficient (Wildman–Crippen LogP) is 3.40. The van der Waals surface area contributed by atoms with E-state index >= 15 is 0 Å². The summed E-state index contributed by atoms with van der Waals surface area (Å²) >= 11 is 0. The van der Waals surface area contributed by atoms with Crippen molar-refractivity contribution in [1.29, 1.82) is 0 Å². The lowest BCUT2D eigenvalue weighted by atomic mass is 9.90. The Morgan fingerprint density at radius 1 is 1.20 bits per heavy atom. The molecule has 0 aliphatic carbocycles. The van der Waals surface area contributed by atoms with Crippen molar-refractivity contribution >= 4 is 0 Å². The van der Waals surface area contributed by atoms with Crippen molar-refractivity contribution in [3.63, 3.8) is 0 Å². The molecule has 1 rings (SSSR count). The first-order chi connectivity index (χ1) is 7.06. The van der Waals surface area contributed by atoms with E-state index in [4.69, 9.17) is 0 Å². The molecule has 2 unspecified atom stereocenters. The molecule has 0 saturated carbocycles. The summed E-state index contributed by atoms with van der Waals surface area (Å²) in [5.74, 6) is 0.575. The molecule has 0 spiro atoms. The number of rotatable bonds is 4. The van der Waals surface area contributed by atoms with Crippen LogP contribution < -0.4 is 5.32 Å². The van der Waals surface area contributed by atoms with Crippen molar-refractivity contribution in [2.24, 2.45) is 0 Å². The number of likely N-dealkylation sites (N-methyl/N-ethyl adjacent to an activating group) is 1. The van der Waals surface area contributed by atoms with Gasteiger partial charge in [-0.25, -0.2) is 0 Å². The molecule has 1 heteroatoms. The lowest BCUT2D eigenvalue weighted by Gasteiger charge is -2.23. The highest BCUT2D eigenvalue weighted by Gasteiger charge is 2.14. The number of hydrogen-bond donors (Lipinski definition) is 1. The van der Waals surface area contributed by atoms with Crippen molar-refractivity contribution in [3.05, 3.63) is 34.9 Å². The molecule has 0 fully saturated rings. The van der Waals surface area contributed by atoms with E-state index in [-0.39, 0.29) is 0 Å². The lowest BCUT2D eigenvalue weighted by Crippen LogP contribution is -2.30. The molecule has 15 heavy (non-hydrogen) atoms. The molecule has 1 nitrogen and oxygen atoms in total. The van der Waals surface area contributed by atoms with E-state index < -0.39 is 0 Å². The monoisotopic (exact) mass is 205 g/mol. The third-order valence-corrected chi connectivity index (χ3v) is 3.19. The van der Waals surface area contributed by atoms with Gasteiger partial charge in [-0.15, -0.1) is 0 Å². The molecule has 0 heterocycles. The summed E-state index contributed by atoms with van der Waals surface area (Å²) < 4.78 is 0. The molecule has 0 aliphatic rings. The molecule has 0 aliphatic heterocycles. The maximum atomic E-state index is 3.49. The first kappa shape index (κ1) is 12.3. The van der Waals surface area contributed by atoms with E-state index in [0.717, 1.165) is 6.54 Å². The van der Waals surface area contributed by atoms with Crippen LogP contribution in [0.3, 0.4) is 0 Å². The molecule has 2 atom stereocenters. The van der Waals surface area contributed by atoms with E-state index in [2.05, 4.69) is 58.1 Å². The summed E-state index contributed by atoms with van der Waals surface area (Å²) in [6.07, 6.45) is 0. The second-order valence-electron chi connectivity index (χ2n) is 4.50. The fraction of sp³-hybridized carbons (Fsp3) is 0.571. The molecule has 1 N–H and O–H groups in total. The molecular formula is C14H23N. The summed E-state index contributed by atoms with van der Waals surface area (Å²) in [7, 11) is 0. The number of benzene rings is 1. The van der Waals surface area contributed by atoms with Crippen LogP contribution >= 0.6 is 0 Å². The van der Waals surface area contributed by atoms with E-state index in [1.165, 1.54) is 16.7 Å². The van der Waals surface area contributed by atoms with Gasteiger partial charge in [-0.2, -0.15) is 0 Å². The highest BCUT2D eigenvalue weighted by Crippen LogP contribution is 2.23. The Morgan fingerprint density at radius 3 is 2.40 bits per heavy atom. The smallest absolute Gasteiger partial charge is 0.0105 e. The zero-order valence-electron chi connectivity index (χ0n) is 10.6. The second-order valence-corrected chi connectivity index (χ2v) is 4.50. The van der Waals surface area contributed by atoms with Gasteiger partial charge in [0.05, 0.1) is 0 Å². The van der Waals surface area contributed by atoms with Crippen LogP contribution in [0, 0.1) is 13.8 Å². The van der Waals surface area contributed by atoms with Crippen molar-refractivity contribution in [3.8, 4) is 0 Å². The Morgan fingerprint density at radius 2 is 1.87 bits per heavy atom. The maximum absolute atomic E-state index is 3.49. The van der Waals surface area contributed by atoms with Gasteiger partial charge in [0.1, 0.15) is 0 Å². The Labute approximate surface area is 93.9 Å². The molecule has 1 aromatic carbocycles. The van der Waals surface area contributed by atoms with E-state index in [9.17, 15) is 0 Å². The molecule has 1 aromatic rings. The summed E-state index contributed by atoms with van der Waals surface area (Å²) in [4.78, 5) is 0. The van der Waals surface area contributed by atoms with Gasteiger partial charge in [-0.1, -0.05) is 37.6 Å². The minimum absolute atomic E-state index is 0.538. The van der Waals surface area contributed by atoms with Crippen LogP contribution in [0.4, 0.5) is 0 Å². The van der Waals surface area contributed by atoms with Gasteiger partial charge in [0, 0.05) is 6.04 Å². The van der Waals surface area contributed by atoms with E-state index in [1.54, 1.807) is 0 Å². The molecule has 84 valence electrons. The summed E-state index contributed by atoms with van der Waals surface area (Å²) in [6.45, 7) is 12.1. The van der Waals surface area contributed by atoms with Gasteiger partial charge in [0.15, 0.2) is 0 Å². The van der Waals surface area contributed by atoms with Crippen LogP contribution in [0.25, 0.3) is 0 Å². The zero-order valence-corrected chi connectivity index (χ0v) is 10.6. The quantitative estimate of drug-likeness (QED) is 0.794. The number of hydrogen-bond acceptors (Lipinski definition) is 1. The molecule has 0 radical (unpaired) electrons. The Bertz CT molecular complexity index is 317. The van der Waals surface area contributed by atoms with Gasteiger partial charge >= 0.3 is 0 Å². The van der Waals surface area contributed by atoms with Gasteiger partial charge in [-0.3, -0.25) is 0 Å². The molecule has 0 aromatic heterocycles. The van der Waals surface area contributed by atoms with E-state index in [1.807, 2.05) is 0 Å². The minimum atomic E-state index is 0.538. The topological polar surface area (TPSA) is 12.0 Å². The zero-order chi connectivity index (χ0) is 11.4. The van der Waals surface area contributed by atoms with Crippen LogP contribution in [0.1, 0.15) is 43.4 Å². The Hall–Kier alpha value is -0.820. The van der Waals surface area contributed by atoms with E-state index in [0.29, 0.717) is 12.0 Å². The minimum Gasteiger partial charge on any atom is -0.314 e. The summed E-state index contributed by atoms with van der Waals surface area (Å²) in [6, 6.07) is 7.28. The fourth-order valence-corrected chi connectivity index (χ4v) is 2.10. The average Bonchev–Trinajstić information content (AvgIpc) is 2.17. The van der Waals surface area contributed by atoms with Crippen LogP contribution in [0.15, 0.2) is 18.2 Å². The Kier molecular flexibility index (Phi) is 4.34.